The third-order valence-electron chi connectivity index (χ3n) is 2.76. The lowest BCUT2D eigenvalue weighted by Gasteiger charge is -2.10. The molecular weight excluding hydrogens is 250 g/mol. The van der Waals surface area contributed by atoms with Gasteiger partial charge in [-0.1, -0.05) is 0 Å². The number of aromatic carboxylic acids is 1. The van der Waals surface area contributed by atoms with E-state index in [0.29, 0.717) is 5.69 Å². The largest absolute Gasteiger partial charge is 0.496 e. The molecule has 1 aromatic carbocycles. The number of aromatic nitrogens is 1. The van der Waals surface area contributed by atoms with E-state index in [1.54, 1.807) is 12.6 Å². The average molecular weight is 263 g/mol. The van der Waals surface area contributed by atoms with Crippen LogP contribution in [0.5, 0.6) is 5.75 Å². The summed E-state index contributed by atoms with van der Waals surface area (Å²) in [5, 5.41) is 9.12. The quantitative estimate of drug-likeness (QED) is 0.924. The van der Waals surface area contributed by atoms with Gasteiger partial charge in [-0.25, -0.2) is 9.78 Å². The number of carbonyl (C=O) groups is 1. The monoisotopic (exact) mass is 263 g/mol. The standard InChI is InChI=1S/C13H13NO3S/c1-7-5-10(17-3)8(2)4-9(7)11-12(13(15)16)18-6-14-11/h4-6H,1-3H3,(H,15,16). The first-order valence-corrected chi connectivity index (χ1v) is 6.25. The second-order valence-electron chi connectivity index (χ2n) is 3.97. The van der Waals surface area contributed by atoms with E-state index in [-0.39, 0.29) is 4.88 Å². The number of nitrogens with zero attached hydrogens (tertiary/aromatic N) is 1. The molecule has 0 aliphatic heterocycles. The van der Waals surface area contributed by atoms with Crippen molar-refractivity contribution in [3.63, 3.8) is 0 Å². The summed E-state index contributed by atoms with van der Waals surface area (Å²) in [7, 11) is 1.62. The molecule has 1 aromatic heterocycles. The fraction of sp³-hybridized carbons (Fsp3) is 0.231. The van der Waals surface area contributed by atoms with E-state index in [1.165, 1.54) is 0 Å². The molecule has 0 unspecified atom stereocenters. The lowest BCUT2D eigenvalue weighted by atomic mass is 10.0. The van der Waals surface area contributed by atoms with Crippen molar-refractivity contribution in [3.8, 4) is 17.0 Å². The van der Waals surface area contributed by atoms with E-state index in [1.807, 2.05) is 26.0 Å². The number of rotatable bonds is 3. The fourth-order valence-corrected chi connectivity index (χ4v) is 2.49. The molecule has 1 N–H and O–H groups in total. The Kier molecular flexibility index (Phi) is 3.34. The highest BCUT2D eigenvalue weighted by molar-refractivity contribution is 7.12. The summed E-state index contributed by atoms with van der Waals surface area (Å²) < 4.78 is 5.24. The van der Waals surface area contributed by atoms with E-state index in [2.05, 4.69) is 4.98 Å². The van der Waals surface area contributed by atoms with Gasteiger partial charge in [0.2, 0.25) is 0 Å². The number of thiazole rings is 1. The second kappa shape index (κ2) is 4.78. The molecule has 4 nitrogen and oxygen atoms in total. The summed E-state index contributed by atoms with van der Waals surface area (Å²) in [5.41, 5.74) is 4.83. The molecule has 0 spiro atoms. The summed E-state index contributed by atoms with van der Waals surface area (Å²) >= 11 is 1.14. The molecule has 0 bridgehead atoms. The summed E-state index contributed by atoms with van der Waals surface area (Å²) in [6.07, 6.45) is 0. The van der Waals surface area contributed by atoms with Crippen molar-refractivity contribution < 1.29 is 14.6 Å². The topological polar surface area (TPSA) is 59.4 Å². The number of aryl methyl sites for hydroxylation is 2. The third kappa shape index (κ3) is 2.09. The highest BCUT2D eigenvalue weighted by atomic mass is 32.1. The molecule has 0 atom stereocenters. The number of carboxylic acid groups (broad SMARTS) is 1. The Bertz CT molecular complexity index is 604. The third-order valence-corrected chi connectivity index (χ3v) is 3.57. The maximum absolute atomic E-state index is 11.1. The summed E-state index contributed by atoms with van der Waals surface area (Å²) in [4.78, 5) is 15.5. The number of benzene rings is 1. The first-order valence-electron chi connectivity index (χ1n) is 5.37. The van der Waals surface area contributed by atoms with Crippen LogP contribution in [0.1, 0.15) is 20.8 Å². The number of hydrogen-bond donors (Lipinski definition) is 1. The summed E-state index contributed by atoms with van der Waals surface area (Å²) in [6.45, 7) is 3.84. The Morgan fingerprint density at radius 1 is 1.33 bits per heavy atom. The van der Waals surface area contributed by atoms with Crippen molar-refractivity contribution in [2.45, 2.75) is 13.8 Å². The van der Waals surface area contributed by atoms with Gasteiger partial charge in [0, 0.05) is 5.56 Å². The maximum Gasteiger partial charge on any atom is 0.348 e. The van der Waals surface area contributed by atoms with Gasteiger partial charge in [-0.3, -0.25) is 0 Å². The minimum absolute atomic E-state index is 0.266. The summed E-state index contributed by atoms with van der Waals surface area (Å²) in [6, 6.07) is 3.81. The second-order valence-corrected chi connectivity index (χ2v) is 4.83. The van der Waals surface area contributed by atoms with Crippen molar-refractivity contribution in [2.24, 2.45) is 0 Å². The van der Waals surface area contributed by atoms with E-state index in [4.69, 9.17) is 9.84 Å². The number of carboxylic acids is 1. The normalized spacial score (nSPS) is 10.4. The first kappa shape index (κ1) is 12.6. The van der Waals surface area contributed by atoms with Gasteiger partial charge in [0.1, 0.15) is 10.6 Å². The number of methoxy groups -OCH3 is 1. The Morgan fingerprint density at radius 2 is 2.06 bits per heavy atom. The van der Waals surface area contributed by atoms with Crippen LogP contribution >= 0.6 is 11.3 Å². The van der Waals surface area contributed by atoms with Gasteiger partial charge in [0.15, 0.2) is 0 Å². The van der Waals surface area contributed by atoms with Crippen LogP contribution in [0.25, 0.3) is 11.3 Å². The van der Waals surface area contributed by atoms with Gasteiger partial charge in [-0.15, -0.1) is 11.3 Å². The van der Waals surface area contributed by atoms with Gasteiger partial charge < -0.3 is 9.84 Å². The smallest absolute Gasteiger partial charge is 0.348 e. The lowest BCUT2D eigenvalue weighted by molar-refractivity contribution is 0.0702. The number of hydrogen-bond acceptors (Lipinski definition) is 4. The maximum atomic E-state index is 11.1. The van der Waals surface area contributed by atoms with E-state index in [0.717, 1.165) is 33.8 Å². The molecule has 0 radical (unpaired) electrons. The molecule has 0 amide bonds. The summed E-state index contributed by atoms with van der Waals surface area (Å²) in [5.74, 6) is -0.149. The van der Waals surface area contributed by atoms with Gasteiger partial charge in [0.05, 0.1) is 18.3 Å². The van der Waals surface area contributed by atoms with Crippen molar-refractivity contribution >= 4 is 17.3 Å². The van der Waals surface area contributed by atoms with Crippen LogP contribution in [-0.2, 0) is 0 Å². The van der Waals surface area contributed by atoms with Crippen LogP contribution in [0.15, 0.2) is 17.6 Å². The van der Waals surface area contributed by atoms with Crippen molar-refractivity contribution in [3.05, 3.63) is 33.6 Å². The van der Waals surface area contributed by atoms with Crippen LogP contribution in [-0.4, -0.2) is 23.2 Å². The molecule has 1 heterocycles. The molecule has 94 valence electrons. The molecule has 18 heavy (non-hydrogen) atoms. The van der Waals surface area contributed by atoms with Crippen LogP contribution in [0, 0.1) is 13.8 Å². The van der Waals surface area contributed by atoms with Crippen molar-refractivity contribution in [1.29, 1.82) is 0 Å². The van der Waals surface area contributed by atoms with Gasteiger partial charge in [-0.05, 0) is 37.1 Å². The minimum atomic E-state index is -0.944. The van der Waals surface area contributed by atoms with Crippen LogP contribution < -0.4 is 4.74 Å². The van der Waals surface area contributed by atoms with Crippen molar-refractivity contribution in [2.75, 3.05) is 7.11 Å². The van der Waals surface area contributed by atoms with E-state index < -0.39 is 5.97 Å². The highest BCUT2D eigenvalue weighted by Crippen LogP contribution is 2.32. The molecule has 0 fully saturated rings. The number of ether oxygens (including phenoxy) is 1. The molecule has 0 saturated carbocycles. The fourth-order valence-electron chi connectivity index (χ4n) is 1.85. The van der Waals surface area contributed by atoms with Gasteiger partial charge >= 0.3 is 5.97 Å². The zero-order valence-corrected chi connectivity index (χ0v) is 11.2. The van der Waals surface area contributed by atoms with Gasteiger partial charge in [0.25, 0.3) is 0 Å². The van der Waals surface area contributed by atoms with E-state index >= 15 is 0 Å². The Labute approximate surface area is 109 Å². The molecule has 0 aliphatic carbocycles. The van der Waals surface area contributed by atoms with Gasteiger partial charge in [-0.2, -0.15) is 0 Å². The molecule has 5 heteroatoms. The van der Waals surface area contributed by atoms with E-state index in [9.17, 15) is 4.79 Å². The Hall–Kier alpha value is -1.88. The Balaban J connectivity index is 2.61. The van der Waals surface area contributed by atoms with Crippen LogP contribution in [0.2, 0.25) is 0 Å². The predicted molar refractivity (Wildman–Crippen MR) is 70.5 cm³/mol. The highest BCUT2D eigenvalue weighted by Gasteiger charge is 2.17. The molecule has 2 aromatic rings. The Morgan fingerprint density at radius 3 is 2.67 bits per heavy atom. The SMILES string of the molecule is COc1cc(C)c(-c2ncsc2C(=O)O)cc1C. The lowest BCUT2D eigenvalue weighted by Crippen LogP contribution is -1.98. The zero-order valence-electron chi connectivity index (χ0n) is 10.4. The zero-order chi connectivity index (χ0) is 13.3. The molecular formula is C13H13NO3S. The average Bonchev–Trinajstić information content (AvgIpc) is 2.80. The van der Waals surface area contributed by atoms with Crippen LogP contribution in [0.4, 0.5) is 0 Å². The molecule has 0 aliphatic rings. The van der Waals surface area contributed by atoms with Crippen LogP contribution in [0.3, 0.4) is 0 Å². The molecule has 2 rings (SSSR count). The predicted octanol–water partition coefficient (Wildman–Crippen LogP) is 3.13. The van der Waals surface area contributed by atoms with Crippen molar-refractivity contribution in [1.82, 2.24) is 4.98 Å². The minimum Gasteiger partial charge on any atom is -0.496 e. The molecule has 0 saturated heterocycles. The first-order chi connectivity index (χ1) is 8.54.